The molecule has 0 spiro atoms. The minimum atomic E-state index is -0.0773. The van der Waals surface area contributed by atoms with Crippen molar-refractivity contribution < 1.29 is 9.90 Å². The van der Waals surface area contributed by atoms with Gasteiger partial charge in [0.15, 0.2) is 0 Å². The number of hydrogen-bond acceptors (Lipinski definition) is 3. The van der Waals surface area contributed by atoms with Gasteiger partial charge in [-0.3, -0.25) is 4.79 Å². The maximum atomic E-state index is 11.0. The molecule has 17 heavy (non-hydrogen) atoms. The molecule has 0 heterocycles. The lowest BCUT2D eigenvalue weighted by atomic mass is 10.1. The molecule has 0 aliphatic carbocycles. The summed E-state index contributed by atoms with van der Waals surface area (Å²) < 4.78 is 0. The fourth-order valence-electron chi connectivity index (χ4n) is 1.66. The number of anilines is 1. The molecule has 1 aromatic rings. The van der Waals surface area contributed by atoms with Crippen molar-refractivity contribution in [3.8, 4) is 0 Å². The molecule has 94 valence electrons. The molecule has 0 fully saturated rings. The molecule has 0 bridgehead atoms. The maximum absolute atomic E-state index is 11.0. The minimum absolute atomic E-state index is 0.0504. The van der Waals surface area contributed by atoms with Gasteiger partial charge in [0.2, 0.25) is 5.91 Å². The molecule has 0 aliphatic heterocycles. The summed E-state index contributed by atoms with van der Waals surface area (Å²) in [5.74, 6) is -0.0773. The van der Waals surface area contributed by atoms with E-state index in [1.807, 2.05) is 38.1 Å². The van der Waals surface area contributed by atoms with Crippen LogP contribution in [0, 0.1) is 0 Å². The van der Waals surface area contributed by atoms with Gasteiger partial charge in [-0.2, -0.15) is 0 Å². The third-order valence-corrected chi connectivity index (χ3v) is 2.52. The van der Waals surface area contributed by atoms with Crippen molar-refractivity contribution in [2.24, 2.45) is 0 Å². The molecule has 1 aromatic carbocycles. The summed E-state index contributed by atoms with van der Waals surface area (Å²) in [6.07, 6.45) is 0. The average Bonchev–Trinajstić information content (AvgIpc) is 2.28. The second kappa shape index (κ2) is 6.37. The van der Waals surface area contributed by atoms with Gasteiger partial charge < -0.3 is 15.7 Å². The molecule has 2 atom stereocenters. The van der Waals surface area contributed by atoms with Crippen LogP contribution in [0.25, 0.3) is 0 Å². The Hall–Kier alpha value is -1.39. The van der Waals surface area contributed by atoms with Crippen molar-refractivity contribution in [2.75, 3.05) is 11.9 Å². The highest BCUT2D eigenvalue weighted by atomic mass is 16.3. The van der Waals surface area contributed by atoms with Crippen LogP contribution in [-0.2, 0) is 4.79 Å². The standard InChI is InChI=1S/C13H20N2O2/c1-9(8-16)14-10(2)12-5-4-6-13(7-12)15-11(3)17/h4-7,9-10,14,16H,8H2,1-3H3,(H,15,17). The Balaban J connectivity index is 2.73. The molecule has 0 saturated heterocycles. The largest absolute Gasteiger partial charge is 0.395 e. The molecule has 1 amide bonds. The lowest BCUT2D eigenvalue weighted by molar-refractivity contribution is -0.114. The van der Waals surface area contributed by atoms with E-state index in [1.165, 1.54) is 6.92 Å². The Bertz CT molecular complexity index is 379. The maximum Gasteiger partial charge on any atom is 0.221 e. The average molecular weight is 236 g/mol. The van der Waals surface area contributed by atoms with Crippen LogP contribution in [-0.4, -0.2) is 23.7 Å². The normalized spacial score (nSPS) is 14.1. The first-order chi connectivity index (χ1) is 8.02. The summed E-state index contributed by atoms with van der Waals surface area (Å²) in [7, 11) is 0. The number of aliphatic hydroxyl groups is 1. The summed E-state index contributed by atoms with van der Waals surface area (Å²) in [6.45, 7) is 5.55. The summed E-state index contributed by atoms with van der Waals surface area (Å²) in [5.41, 5.74) is 1.87. The third kappa shape index (κ3) is 4.54. The zero-order chi connectivity index (χ0) is 12.8. The highest BCUT2D eigenvalue weighted by molar-refractivity contribution is 5.88. The minimum Gasteiger partial charge on any atom is -0.395 e. The smallest absolute Gasteiger partial charge is 0.221 e. The molecule has 4 nitrogen and oxygen atoms in total. The van der Waals surface area contributed by atoms with Crippen LogP contribution in [0.5, 0.6) is 0 Å². The third-order valence-electron chi connectivity index (χ3n) is 2.52. The van der Waals surface area contributed by atoms with E-state index >= 15 is 0 Å². The number of benzene rings is 1. The zero-order valence-corrected chi connectivity index (χ0v) is 10.5. The summed E-state index contributed by atoms with van der Waals surface area (Å²) >= 11 is 0. The van der Waals surface area contributed by atoms with E-state index in [9.17, 15) is 4.79 Å². The number of rotatable bonds is 5. The summed E-state index contributed by atoms with van der Waals surface area (Å²) in [6, 6.07) is 7.87. The van der Waals surface area contributed by atoms with Crippen molar-refractivity contribution >= 4 is 11.6 Å². The van der Waals surface area contributed by atoms with Gasteiger partial charge in [0.1, 0.15) is 0 Å². The van der Waals surface area contributed by atoms with Gasteiger partial charge in [0, 0.05) is 24.7 Å². The second-order valence-electron chi connectivity index (χ2n) is 4.28. The van der Waals surface area contributed by atoms with Crippen LogP contribution in [0.15, 0.2) is 24.3 Å². The topological polar surface area (TPSA) is 61.4 Å². The predicted octanol–water partition coefficient (Wildman–Crippen LogP) is 1.68. The van der Waals surface area contributed by atoms with Gasteiger partial charge in [0.25, 0.3) is 0 Å². The predicted molar refractivity (Wildman–Crippen MR) is 68.8 cm³/mol. The molecular weight excluding hydrogens is 216 g/mol. The van der Waals surface area contributed by atoms with Crippen LogP contribution in [0.1, 0.15) is 32.4 Å². The van der Waals surface area contributed by atoms with Crippen LogP contribution in [0.3, 0.4) is 0 Å². The zero-order valence-electron chi connectivity index (χ0n) is 10.5. The molecule has 3 N–H and O–H groups in total. The van der Waals surface area contributed by atoms with E-state index in [4.69, 9.17) is 5.11 Å². The Morgan fingerprint density at radius 2 is 2.12 bits per heavy atom. The van der Waals surface area contributed by atoms with Crippen molar-refractivity contribution in [3.05, 3.63) is 29.8 Å². The van der Waals surface area contributed by atoms with E-state index < -0.39 is 0 Å². The Morgan fingerprint density at radius 3 is 2.71 bits per heavy atom. The first-order valence-corrected chi connectivity index (χ1v) is 5.77. The van der Waals surface area contributed by atoms with Gasteiger partial charge >= 0.3 is 0 Å². The van der Waals surface area contributed by atoms with Gasteiger partial charge in [-0.1, -0.05) is 12.1 Å². The Labute approximate surface area is 102 Å². The number of hydrogen-bond donors (Lipinski definition) is 3. The van der Waals surface area contributed by atoms with E-state index in [1.54, 1.807) is 0 Å². The van der Waals surface area contributed by atoms with Gasteiger partial charge in [-0.25, -0.2) is 0 Å². The summed E-state index contributed by atoms with van der Waals surface area (Å²) in [5, 5.41) is 15.0. The number of carbonyl (C=O) groups excluding carboxylic acids is 1. The highest BCUT2D eigenvalue weighted by Crippen LogP contribution is 2.17. The lowest BCUT2D eigenvalue weighted by Gasteiger charge is -2.19. The van der Waals surface area contributed by atoms with Crippen molar-refractivity contribution in [2.45, 2.75) is 32.9 Å². The van der Waals surface area contributed by atoms with Gasteiger partial charge in [-0.15, -0.1) is 0 Å². The Morgan fingerprint density at radius 1 is 1.41 bits per heavy atom. The molecule has 0 aromatic heterocycles. The summed E-state index contributed by atoms with van der Waals surface area (Å²) in [4.78, 5) is 11.0. The van der Waals surface area contributed by atoms with Gasteiger partial charge in [0.05, 0.1) is 6.61 Å². The van der Waals surface area contributed by atoms with Gasteiger partial charge in [-0.05, 0) is 31.5 Å². The van der Waals surface area contributed by atoms with E-state index in [2.05, 4.69) is 10.6 Å². The quantitative estimate of drug-likeness (QED) is 0.729. The molecule has 0 aliphatic rings. The fraction of sp³-hybridized carbons (Fsp3) is 0.462. The molecular formula is C13H20N2O2. The first kappa shape index (κ1) is 13.7. The molecule has 1 rings (SSSR count). The number of carbonyl (C=O) groups is 1. The highest BCUT2D eigenvalue weighted by Gasteiger charge is 2.09. The molecule has 0 radical (unpaired) electrons. The van der Waals surface area contributed by atoms with Crippen molar-refractivity contribution in [1.29, 1.82) is 0 Å². The van der Waals surface area contributed by atoms with Crippen LogP contribution >= 0.6 is 0 Å². The first-order valence-electron chi connectivity index (χ1n) is 5.77. The van der Waals surface area contributed by atoms with E-state index in [-0.39, 0.29) is 24.6 Å². The molecule has 0 saturated carbocycles. The van der Waals surface area contributed by atoms with Crippen LogP contribution in [0.2, 0.25) is 0 Å². The Kier molecular flexibility index (Phi) is 5.12. The van der Waals surface area contributed by atoms with E-state index in [0.717, 1.165) is 11.3 Å². The monoisotopic (exact) mass is 236 g/mol. The van der Waals surface area contributed by atoms with Crippen LogP contribution in [0.4, 0.5) is 5.69 Å². The SMILES string of the molecule is CC(=O)Nc1cccc(C(C)NC(C)CO)c1. The number of amides is 1. The molecule has 4 heteroatoms. The number of aliphatic hydroxyl groups excluding tert-OH is 1. The fourth-order valence-corrected chi connectivity index (χ4v) is 1.66. The lowest BCUT2D eigenvalue weighted by Crippen LogP contribution is -2.31. The number of nitrogens with one attached hydrogen (secondary N) is 2. The van der Waals surface area contributed by atoms with E-state index in [0.29, 0.717) is 0 Å². The van der Waals surface area contributed by atoms with Crippen molar-refractivity contribution in [1.82, 2.24) is 5.32 Å². The van der Waals surface area contributed by atoms with Crippen LogP contribution < -0.4 is 10.6 Å². The van der Waals surface area contributed by atoms with Crippen molar-refractivity contribution in [3.63, 3.8) is 0 Å². The molecule has 2 unspecified atom stereocenters. The second-order valence-corrected chi connectivity index (χ2v) is 4.28.